The Balaban J connectivity index is 2.39. The van der Waals surface area contributed by atoms with Gasteiger partial charge >= 0.3 is 0 Å². The van der Waals surface area contributed by atoms with Crippen molar-refractivity contribution in [2.45, 2.75) is 53.1 Å². The Hall–Kier alpha value is -0.560. The van der Waals surface area contributed by atoms with Crippen molar-refractivity contribution in [2.24, 2.45) is 17.8 Å². The number of fused-ring (bicyclic) bond motifs is 1. The largest absolute Gasteiger partial charge is 0.392 e. The minimum Gasteiger partial charge on any atom is -0.392 e. The van der Waals surface area contributed by atoms with Crippen LogP contribution in [0.4, 0.5) is 0 Å². The molecule has 0 aromatic heterocycles. The third-order valence-electron chi connectivity index (χ3n) is 4.42. The molecule has 0 aromatic rings. The number of allylic oxidation sites excluding steroid dienone is 3. The highest BCUT2D eigenvalue weighted by Gasteiger charge is 2.39. The van der Waals surface area contributed by atoms with Crippen LogP contribution in [0.1, 0.15) is 47.0 Å². The van der Waals surface area contributed by atoms with Crippen LogP contribution in [0.3, 0.4) is 0 Å². The predicted octanol–water partition coefficient (Wildman–Crippen LogP) is 3.70. The highest BCUT2D eigenvalue weighted by atomic mass is 16.3. The molecule has 2 rings (SSSR count). The Labute approximate surface area is 99.3 Å². The lowest BCUT2D eigenvalue weighted by Crippen LogP contribution is -2.39. The lowest BCUT2D eigenvalue weighted by Gasteiger charge is -2.43. The summed E-state index contributed by atoms with van der Waals surface area (Å²) in [6.45, 7) is 8.89. The summed E-state index contributed by atoms with van der Waals surface area (Å²) in [5, 5.41) is 10.3. The van der Waals surface area contributed by atoms with E-state index in [1.54, 1.807) is 5.57 Å². The quantitative estimate of drug-likeness (QED) is 0.617. The molecule has 1 saturated carbocycles. The molecule has 0 radical (unpaired) electrons. The molecule has 0 amide bonds. The number of hydrogen-bond acceptors (Lipinski definition) is 1. The molecule has 1 heteroatoms. The van der Waals surface area contributed by atoms with E-state index in [1.807, 2.05) is 0 Å². The summed E-state index contributed by atoms with van der Waals surface area (Å²) in [5.74, 6) is 1.63. The van der Waals surface area contributed by atoms with E-state index in [0.717, 1.165) is 6.42 Å². The minimum absolute atomic E-state index is 0.125. The van der Waals surface area contributed by atoms with Crippen LogP contribution >= 0.6 is 0 Å². The fraction of sp³-hybridized carbons (Fsp3) is 0.733. The first-order valence-electron chi connectivity index (χ1n) is 6.52. The molecule has 0 spiro atoms. The Morgan fingerprint density at radius 1 is 1.38 bits per heavy atom. The SMILES string of the molecule is CC1=CC2C(=C(C)C)CCC(C)C2[C@H](O)C1. The van der Waals surface area contributed by atoms with E-state index in [2.05, 4.69) is 33.8 Å². The molecule has 2 aliphatic carbocycles. The first-order valence-corrected chi connectivity index (χ1v) is 6.52. The number of hydrogen-bond donors (Lipinski definition) is 1. The standard InChI is InChI=1S/C15H24O/c1-9(2)12-6-5-11(4)15-13(12)7-10(3)8-14(15)16/h7,11,13-16H,5-6,8H2,1-4H3/t11?,13?,14-,15?/m1/s1. The van der Waals surface area contributed by atoms with Gasteiger partial charge in [0.15, 0.2) is 0 Å². The highest BCUT2D eigenvalue weighted by molar-refractivity contribution is 5.27. The molecule has 3 unspecified atom stereocenters. The Bertz CT molecular complexity index is 333. The summed E-state index contributed by atoms with van der Waals surface area (Å²) in [6.07, 6.45) is 5.63. The van der Waals surface area contributed by atoms with Gasteiger partial charge in [-0.3, -0.25) is 0 Å². The van der Waals surface area contributed by atoms with Crippen molar-refractivity contribution in [3.8, 4) is 0 Å². The van der Waals surface area contributed by atoms with E-state index in [-0.39, 0.29) is 6.10 Å². The molecule has 0 bridgehead atoms. The van der Waals surface area contributed by atoms with Gasteiger partial charge in [0.1, 0.15) is 0 Å². The van der Waals surface area contributed by atoms with Gasteiger partial charge in [0.05, 0.1) is 6.10 Å². The van der Waals surface area contributed by atoms with Crippen LogP contribution < -0.4 is 0 Å². The van der Waals surface area contributed by atoms with Gasteiger partial charge in [0.25, 0.3) is 0 Å². The van der Waals surface area contributed by atoms with Crippen LogP contribution in [0.25, 0.3) is 0 Å². The van der Waals surface area contributed by atoms with E-state index in [1.165, 1.54) is 24.0 Å². The molecule has 2 aliphatic rings. The molecule has 0 aliphatic heterocycles. The third kappa shape index (κ3) is 1.98. The van der Waals surface area contributed by atoms with Crippen molar-refractivity contribution < 1.29 is 5.11 Å². The zero-order valence-electron chi connectivity index (χ0n) is 11.0. The Morgan fingerprint density at radius 2 is 2.06 bits per heavy atom. The van der Waals surface area contributed by atoms with Crippen molar-refractivity contribution in [3.63, 3.8) is 0 Å². The van der Waals surface area contributed by atoms with E-state index in [9.17, 15) is 5.11 Å². The lowest BCUT2D eigenvalue weighted by molar-refractivity contribution is 0.0382. The lowest BCUT2D eigenvalue weighted by atomic mass is 9.63. The van der Waals surface area contributed by atoms with E-state index in [0.29, 0.717) is 17.8 Å². The molecule has 1 fully saturated rings. The van der Waals surface area contributed by atoms with Crippen LogP contribution in [0.15, 0.2) is 22.8 Å². The molecule has 0 heterocycles. The maximum absolute atomic E-state index is 10.3. The second-order valence-corrected chi connectivity index (χ2v) is 5.93. The summed E-state index contributed by atoms with van der Waals surface area (Å²) in [5.41, 5.74) is 4.41. The third-order valence-corrected chi connectivity index (χ3v) is 4.42. The smallest absolute Gasteiger partial charge is 0.0616 e. The highest BCUT2D eigenvalue weighted by Crippen LogP contribution is 2.46. The Morgan fingerprint density at radius 3 is 2.69 bits per heavy atom. The van der Waals surface area contributed by atoms with Gasteiger partial charge in [0.2, 0.25) is 0 Å². The molecule has 1 nitrogen and oxygen atoms in total. The minimum atomic E-state index is -0.125. The van der Waals surface area contributed by atoms with Crippen LogP contribution in [-0.4, -0.2) is 11.2 Å². The molecule has 0 aromatic carbocycles. The Kier molecular flexibility index (Phi) is 3.25. The molecular formula is C15H24O. The van der Waals surface area contributed by atoms with Gasteiger partial charge in [0, 0.05) is 5.92 Å². The molecule has 16 heavy (non-hydrogen) atoms. The van der Waals surface area contributed by atoms with Crippen LogP contribution in [-0.2, 0) is 0 Å². The van der Waals surface area contributed by atoms with Crippen molar-refractivity contribution in [3.05, 3.63) is 22.8 Å². The summed E-state index contributed by atoms with van der Waals surface area (Å²) < 4.78 is 0. The topological polar surface area (TPSA) is 20.2 Å². The van der Waals surface area contributed by atoms with Gasteiger partial charge in [-0.15, -0.1) is 0 Å². The van der Waals surface area contributed by atoms with Crippen molar-refractivity contribution in [1.29, 1.82) is 0 Å². The normalized spacial score (nSPS) is 39.1. The summed E-state index contributed by atoms with van der Waals surface area (Å²) in [4.78, 5) is 0. The van der Waals surface area contributed by atoms with Crippen molar-refractivity contribution in [2.75, 3.05) is 0 Å². The average Bonchev–Trinajstić information content (AvgIpc) is 2.15. The second kappa shape index (κ2) is 4.37. The first kappa shape index (κ1) is 11.9. The summed E-state index contributed by atoms with van der Waals surface area (Å²) in [7, 11) is 0. The van der Waals surface area contributed by atoms with Crippen LogP contribution in [0, 0.1) is 17.8 Å². The number of aliphatic hydroxyl groups excluding tert-OH is 1. The number of aliphatic hydroxyl groups is 1. The van der Waals surface area contributed by atoms with Gasteiger partial charge in [-0.2, -0.15) is 0 Å². The average molecular weight is 220 g/mol. The van der Waals surface area contributed by atoms with Gasteiger partial charge in [-0.25, -0.2) is 0 Å². The molecule has 0 saturated heterocycles. The van der Waals surface area contributed by atoms with Crippen molar-refractivity contribution in [1.82, 2.24) is 0 Å². The summed E-state index contributed by atoms with van der Waals surface area (Å²) >= 11 is 0. The zero-order valence-corrected chi connectivity index (χ0v) is 11.0. The first-order chi connectivity index (χ1) is 7.50. The van der Waals surface area contributed by atoms with E-state index < -0.39 is 0 Å². The second-order valence-electron chi connectivity index (χ2n) is 5.93. The monoisotopic (exact) mass is 220 g/mol. The molecular weight excluding hydrogens is 196 g/mol. The fourth-order valence-electron chi connectivity index (χ4n) is 3.58. The van der Waals surface area contributed by atoms with Crippen LogP contribution in [0.2, 0.25) is 0 Å². The zero-order chi connectivity index (χ0) is 11.9. The number of rotatable bonds is 0. The van der Waals surface area contributed by atoms with E-state index in [4.69, 9.17) is 0 Å². The molecule has 90 valence electrons. The fourth-order valence-corrected chi connectivity index (χ4v) is 3.58. The van der Waals surface area contributed by atoms with Gasteiger partial charge in [-0.05, 0) is 51.9 Å². The predicted molar refractivity (Wildman–Crippen MR) is 68.1 cm³/mol. The van der Waals surface area contributed by atoms with E-state index >= 15 is 0 Å². The maximum Gasteiger partial charge on any atom is 0.0616 e. The van der Waals surface area contributed by atoms with Crippen molar-refractivity contribution >= 4 is 0 Å². The molecule has 1 N–H and O–H groups in total. The van der Waals surface area contributed by atoms with Crippen LogP contribution in [0.5, 0.6) is 0 Å². The molecule has 4 atom stereocenters. The maximum atomic E-state index is 10.3. The van der Waals surface area contributed by atoms with Gasteiger partial charge in [-0.1, -0.05) is 29.7 Å². The summed E-state index contributed by atoms with van der Waals surface area (Å²) in [6, 6.07) is 0. The van der Waals surface area contributed by atoms with Gasteiger partial charge < -0.3 is 5.11 Å².